The van der Waals surface area contributed by atoms with Crippen LogP contribution in [-0.2, 0) is 21.0 Å². The molecule has 0 aliphatic carbocycles. The molecule has 2 fully saturated rings. The zero-order chi connectivity index (χ0) is 20.7. The standard InChI is InChI=1S/C24H19ClN2O3/c25-18-11-7-10-17(14-18)21-20-22(30-27(21)19-12-5-2-6-13-19)24(29)26(23(20)28)15-16-8-3-1-4-9-16/h1-14,20-22H,15H2/t20-,21-,22+/m0/s1. The summed E-state index contributed by atoms with van der Waals surface area (Å²) in [5, 5.41) is 2.25. The van der Waals surface area contributed by atoms with Crippen molar-refractivity contribution in [1.82, 2.24) is 4.90 Å². The van der Waals surface area contributed by atoms with Crippen LogP contribution >= 0.6 is 11.6 Å². The van der Waals surface area contributed by atoms with Crippen molar-refractivity contribution in [3.05, 3.63) is 101 Å². The minimum absolute atomic E-state index is 0.225. The number of hydroxylamine groups is 1. The number of carbonyl (C=O) groups is 2. The molecule has 3 aromatic carbocycles. The summed E-state index contributed by atoms with van der Waals surface area (Å²) in [6.45, 7) is 0.239. The lowest BCUT2D eigenvalue weighted by Crippen LogP contribution is -2.36. The van der Waals surface area contributed by atoms with Gasteiger partial charge in [0.2, 0.25) is 5.91 Å². The Balaban J connectivity index is 1.53. The summed E-state index contributed by atoms with van der Waals surface area (Å²) in [6, 6.07) is 25.9. The van der Waals surface area contributed by atoms with Gasteiger partial charge in [-0.25, -0.2) is 5.06 Å². The predicted octanol–water partition coefficient (Wildman–Crippen LogP) is 4.39. The van der Waals surface area contributed by atoms with E-state index in [1.165, 1.54) is 4.90 Å². The number of rotatable bonds is 4. The molecule has 0 N–H and O–H groups in total. The minimum atomic E-state index is -0.856. The monoisotopic (exact) mass is 418 g/mol. The maximum absolute atomic E-state index is 13.4. The molecule has 0 bridgehead atoms. The van der Waals surface area contributed by atoms with E-state index in [4.69, 9.17) is 16.4 Å². The fraction of sp³-hybridized carbons (Fsp3) is 0.167. The number of benzene rings is 3. The Morgan fingerprint density at radius 2 is 1.53 bits per heavy atom. The zero-order valence-corrected chi connectivity index (χ0v) is 16.8. The van der Waals surface area contributed by atoms with Crippen LogP contribution in [-0.4, -0.2) is 22.8 Å². The summed E-state index contributed by atoms with van der Waals surface area (Å²) >= 11 is 6.24. The number of halogens is 1. The summed E-state index contributed by atoms with van der Waals surface area (Å²) in [6.07, 6.45) is -0.856. The van der Waals surface area contributed by atoms with Crippen LogP contribution in [0.3, 0.4) is 0 Å². The van der Waals surface area contributed by atoms with E-state index in [1.807, 2.05) is 78.9 Å². The van der Waals surface area contributed by atoms with Crippen LogP contribution in [0.4, 0.5) is 5.69 Å². The molecule has 2 saturated heterocycles. The summed E-state index contributed by atoms with van der Waals surface area (Å²) < 4.78 is 0. The minimum Gasteiger partial charge on any atom is -0.275 e. The molecule has 3 aromatic rings. The van der Waals surface area contributed by atoms with Crippen molar-refractivity contribution in [3.63, 3.8) is 0 Å². The van der Waals surface area contributed by atoms with Crippen LogP contribution in [0.2, 0.25) is 5.02 Å². The Morgan fingerprint density at radius 1 is 0.833 bits per heavy atom. The van der Waals surface area contributed by atoms with Gasteiger partial charge in [-0.2, -0.15) is 0 Å². The first-order chi connectivity index (χ1) is 14.6. The fourth-order valence-corrected chi connectivity index (χ4v) is 4.42. The molecule has 6 heteroatoms. The number of hydrogen-bond donors (Lipinski definition) is 0. The van der Waals surface area contributed by atoms with Gasteiger partial charge in [-0.1, -0.05) is 72.3 Å². The van der Waals surface area contributed by atoms with Crippen LogP contribution in [0.15, 0.2) is 84.9 Å². The normalized spacial score (nSPS) is 23.2. The highest BCUT2D eigenvalue weighted by molar-refractivity contribution is 6.30. The molecule has 3 atom stereocenters. The number of likely N-dealkylation sites (tertiary alicyclic amines) is 1. The maximum atomic E-state index is 13.4. The second-order valence-electron chi connectivity index (χ2n) is 7.46. The van der Waals surface area contributed by atoms with Gasteiger partial charge in [0.25, 0.3) is 5.91 Å². The maximum Gasteiger partial charge on any atom is 0.262 e. The van der Waals surface area contributed by atoms with Gasteiger partial charge in [-0.05, 0) is 35.4 Å². The molecule has 2 aliphatic rings. The average Bonchev–Trinajstić information content (AvgIpc) is 3.27. The third-order valence-electron chi connectivity index (χ3n) is 5.59. The Bertz CT molecular complexity index is 1090. The third-order valence-corrected chi connectivity index (χ3v) is 5.83. The average molecular weight is 419 g/mol. The molecule has 2 aliphatic heterocycles. The number of amides is 2. The Kier molecular flexibility index (Phi) is 4.77. The van der Waals surface area contributed by atoms with Crippen LogP contribution in [0.25, 0.3) is 0 Å². The number of carbonyl (C=O) groups excluding carboxylic acids is 2. The highest BCUT2D eigenvalue weighted by Gasteiger charge is 2.59. The van der Waals surface area contributed by atoms with E-state index in [0.29, 0.717) is 5.02 Å². The summed E-state index contributed by atoms with van der Waals surface area (Å²) in [4.78, 5) is 34.0. The second-order valence-corrected chi connectivity index (χ2v) is 7.90. The van der Waals surface area contributed by atoms with Gasteiger partial charge in [0.15, 0.2) is 6.10 Å². The van der Waals surface area contributed by atoms with Crippen LogP contribution in [0, 0.1) is 5.92 Å². The molecule has 30 heavy (non-hydrogen) atoms. The molecule has 2 amide bonds. The van der Waals surface area contributed by atoms with E-state index >= 15 is 0 Å². The topological polar surface area (TPSA) is 49.9 Å². The molecule has 5 rings (SSSR count). The molecule has 0 spiro atoms. The number of imide groups is 1. The van der Waals surface area contributed by atoms with Crippen LogP contribution in [0.5, 0.6) is 0 Å². The van der Waals surface area contributed by atoms with Gasteiger partial charge in [0.1, 0.15) is 5.92 Å². The number of nitrogens with zero attached hydrogens (tertiary/aromatic N) is 2. The quantitative estimate of drug-likeness (QED) is 0.590. The highest BCUT2D eigenvalue weighted by atomic mass is 35.5. The summed E-state index contributed by atoms with van der Waals surface area (Å²) in [5.74, 6) is -1.17. The first-order valence-electron chi connectivity index (χ1n) is 9.79. The van der Waals surface area contributed by atoms with Crippen molar-refractivity contribution in [3.8, 4) is 0 Å². The lowest BCUT2D eigenvalue weighted by atomic mass is 9.90. The van der Waals surface area contributed by atoms with Gasteiger partial charge in [-0.15, -0.1) is 0 Å². The van der Waals surface area contributed by atoms with Gasteiger partial charge < -0.3 is 0 Å². The molecule has 5 nitrogen and oxygen atoms in total. The lowest BCUT2D eigenvalue weighted by molar-refractivity contribution is -0.143. The van der Waals surface area contributed by atoms with Crippen molar-refractivity contribution < 1.29 is 14.4 Å². The smallest absolute Gasteiger partial charge is 0.262 e. The summed E-state index contributed by atoms with van der Waals surface area (Å²) in [5.41, 5.74) is 2.52. The fourth-order valence-electron chi connectivity index (χ4n) is 4.22. The summed E-state index contributed by atoms with van der Waals surface area (Å²) in [7, 11) is 0. The van der Waals surface area contributed by atoms with E-state index in [2.05, 4.69) is 0 Å². The zero-order valence-electron chi connectivity index (χ0n) is 16.0. The predicted molar refractivity (Wildman–Crippen MR) is 113 cm³/mol. The highest BCUT2D eigenvalue weighted by Crippen LogP contribution is 2.47. The second kappa shape index (κ2) is 7.59. The van der Waals surface area contributed by atoms with E-state index in [1.54, 1.807) is 11.1 Å². The molecular weight excluding hydrogens is 400 g/mol. The molecule has 0 saturated carbocycles. The van der Waals surface area contributed by atoms with Gasteiger partial charge in [0, 0.05) is 5.02 Å². The first kappa shape index (κ1) is 18.9. The molecular formula is C24H19ClN2O3. The molecule has 0 unspecified atom stereocenters. The van der Waals surface area contributed by atoms with Crippen LogP contribution < -0.4 is 5.06 Å². The third kappa shape index (κ3) is 3.16. The van der Waals surface area contributed by atoms with E-state index < -0.39 is 18.1 Å². The molecule has 0 radical (unpaired) electrons. The molecule has 2 heterocycles. The molecule has 0 aromatic heterocycles. The number of fused-ring (bicyclic) bond motifs is 1. The van der Waals surface area contributed by atoms with Crippen molar-refractivity contribution in [1.29, 1.82) is 0 Å². The SMILES string of the molecule is O=C1[C@@H]2[C@@H](ON(c3ccccc3)[C@H]2c2cccc(Cl)c2)C(=O)N1Cc1ccccc1. The Labute approximate surface area is 179 Å². The van der Waals surface area contributed by atoms with Gasteiger partial charge in [0.05, 0.1) is 18.3 Å². The van der Waals surface area contributed by atoms with Crippen molar-refractivity contribution in [2.45, 2.75) is 18.7 Å². The Morgan fingerprint density at radius 3 is 2.23 bits per heavy atom. The van der Waals surface area contributed by atoms with E-state index in [0.717, 1.165) is 16.8 Å². The first-order valence-corrected chi connectivity index (χ1v) is 10.2. The number of anilines is 1. The van der Waals surface area contributed by atoms with E-state index in [-0.39, 0.29) is 18.4 Å². The lowest BCUT2D eigenvalue weighted by Gasteiger charge is -2.28. The van der Waals surface area contributed by atoms with Crippen molar-refractivity contribution in [2.24, 2.45) is 5.92 Å². The van der Waals surface area contributed by atoms with Crippen molar-refractivity contribution in [2.75, 3.05) is 5.06 Å². The van der Waals surface area contributed by atoms with Gasteiger partial charge in [-0.3, -0.25) is 19.3 Å². The number of hydrogen-bond acceptors (Lipinski definition) is 4. The van der Waals surface area contributed by atoms with Crippen molar-refractivity contribution >= 4 is 29.1 Å². The van der Waals surface area contributed by atoms with E-state index in [9.17, 15) is 9.59 Å². The van der Waals surface area contributed by atoms with Gasteiger partial charge >= 0.3 is 0 Å². The molecule has 150 valence electrons. The Hall–Kier alpha value is -3.15. The number of para-hydroxylation sites is 1. The largest absolute Gasteiger partial charge is 0.275 e. The van der Waals surface area contributed by atoms with Crippen LogP contribution in [0.1, 0.15) is 17.2 Å².